The number of nitro groups is 1. The zero-order valence-electron chi connectivity index (χ0n) is 10.7. The van der Waals surface area contributed by atoms with Crippen molar-refractivity contribution in [1.82, 2.24) is 9.97 Å². The largest absolute Gasteiger partial charge is 0.381 e. The van der Waals surface area contributed by atoms with Crippen molar-refractivity contribution in [2.45, 2.75) is 5.03 Å². The van der Waals surface area contributed by atoms with E-state index in [2.05, 4.69) is 15.3 Å². The fourth-order valence-corrected chi connectivity index (χ4v) is 2.18. The van der Waals surface area contributed by atoms with Gasteiger partial charge in [0.1, 0.15) is 10.7 Å². The summed E-state index contributed by atoms with van der Waals surface area (Å²) in [5, 5.41) is 13.8. The van der Waals surface area contributed by atoms with Crippen molar-refractivity contribution in [2.24, 2.45) is 0 Å². The molecule has 0 unspecified atom stereocenters. The molecule has 1 amide bonds. The SMILES string of the molecule is Nc1nccnc1SCC(=O)Nc1ccccc1[N+](=O)[O-]. The quantitative estimate of drug-likeness (QED) is 0.489. The molecule has 0 aliphatic carbocycles. The number of aromatic nitrogens is 2. The van der Waals surface area contributed by atoms with E-state index in [9.17, 15) is 14.9 Å². The minimum Gasteiger partial charge on any atom is -0.381 e. The third-order valence-electron chi connectivity index (χ3n) is 2.41. The van der Waals surface area contributed by atoms with Crippen LogP contribution in [0, 0.1) is 10.1 Å². The van der Waals surface area contributed by atoms with Crippen molar-refractivity contribution in [3.63, 3.8) is 0 Å². The molecule has 3 N–H and O–H groups in total. The van der Waals surface area contributed by atoms with Gasteiger partial charge in [0.05, 0.1) is 10.7 Å². The smallest absolute Gasteiger partial charge is 0.292 e. The van der Waals surface area contributed by atoms with Gasteiger partial charge in [0, 0.05) is 18.5 Å². The van der Waals surface area contributed by atoms with Crippen molar-refractivity contribution in [3.8, 4) is 0 Å². The molecule has 0 atom stereocenters. The number of hydrogen-bond acceptors (Lipinski definition) is 7. The van der Waals surface area contributed by atoms with E-state index in [1.165, 1.54) is 30.6 Å². The average molecular weight is 305 g/mol. The summed E-state index contributed by atoms with van der Waals surface area (Å²) in [7, 11) is 0. The predicted octanol–water partition coefficient (Wildman–Crippen LogP) is 1.70. The maximum Gasteiger partial charge on any atom is 0.292 e. The van der Waals surface area contributed by atoms with Crippen LogP contribution in [0.3, 0.4) is 0 Å². The van der Waals surface area contributed by atoms with E-state index < -0.39 is 4.92 Å². The molecule has 108 valence electrons. The first-order valence-electron chi connectivity index (χ1n) is 5.80. The van der Waals surface area contributed by atoms with Gasteiger partial charge in [-0.15, -0.1) is 0 Å². The molecule has 1 aromatic carbocycles. The standard InChI is InChI=1S/C12H11N5O3S/c13-11-12(15-6-5-14-11)21-7-10(18)16-8-3-1-2-4-9(8)17(19)20/h1-6H,7H2,(H2,13,14)(H,16,18). The fraction of sp³-hybridized carbons (Fsp3) is 0.0833. The maximum absolute atomic E-state index is 11.8. The molecule has 0 bridgehead atoms. The number of amides is 1. The number of carbonyl (C=O) groups is 1. The highest BCUT2D eigenvalue weighted by atomic mass is 32.2. The number of carbonyl (C=O) groups excluding carboxylic acids is 1. The molecule has 2 aromatic rings. The minimum absolute atomic E-state index is 0.0228. The summed E-state index contributed by atoms with van der Waals surface area (Å²) in [4.78, 5) is 30.0. The molecule has 21 heavy (non-hydrogen) atoms. The molecule has 2 rings (SSSR count). The van der Waals surface area contributed by atoms with Gasteiger partial charge in [-0.2, -0.15) is 0 Å². The van der Waals surface area contributed by atoms with Gasteiger partial charge in [-0.25, -0.2) is 9.97 Å². The van der Waals surface area contributed by atoms with Crippen LogP contribution in [0.2, 0.25) is 0 Å². The number of nitrogens with zero attached hydrogens (tertiary/aromatic N) is 3. The topological polar surface area (TPSA) is 124 Å². The van der Waals surface area contributed by atoms with Crippen LogP contribution in [-0.4, -0.2) is 26.6 Å². The average Bonchev–Trinajstić information content (AvgIpc) is 2.47. The third-order valence-corrected chi connectivity index (χ3v) is 3.40. The van der Waals surface area contributed by atoms with Crippen LogP contribution in [0.4, 0.5) is 17.2 Å². The van der Waals surface area contributed by atoms with Gasteiger partial charge in [-0.1, -0.05) is 23.9 Å². The molecular weight excluding hydrogens is 294 g/mol. The maximum atomic E-state index is 11.8. The Balaban J connectivity index is 2.00. The molecule has 1 aromatic heterocycles. The van der Waals surface area contributed by atoms with E-state index in [1.54, 1.807) is 6.07 Å². The Hall–Kier alpha value is -2.68. The van der Waals surface area contributed by atoms with E-state index in [-0.39, 0.29) is 28.9 Å². The summed E-state index contributed by atoms with van der Waals surface area (Å²) in [6.07, 6.45) is 2.92. The van der Waals surface area contributed by atoms with Crippen molar-refractivity contribution in [1.29, 1.82) is 0 Å². The summed E-state index contributed by atoms with van der Waals surface area (Å²) in [6, 6.07) is 5.93. The minimum atomic E-state index is -0.552. The van der Waals surface area contributed by atoms with E-state index in [4.69, 9.17) is 5.73 Å². The Bertz CT molecular complexity index is 679. The highest BCUT2D eigenvalue weighted by molar-refractivity contribution is 8.00. The van der Waals surface area contributed by atoms with Crippen molar-refractivity contribution >= 4 is 34.9 Å². The Kier molecular flexibility index (Phi) is 4.67. The lowest BCUT2D eigenvalue weighted by molar-refractivity contribution is -0.383. The monoisotopic (exact) mass is 305 g/mol. The van der Waals surface area contributed by atoms with Gasteiger partial charge in [-0.05, 0) is 6.07 Å². The Labute approximate surface area is 123 Å². The summed E-state index contributed by atoms with van der Waals surface area (Å²) in [6.45, 7) is 0. The molecule has 0 radical (unpaired) electrons. The lowest BCUT2D eigenvalue weighted by atomic mass is 10.2. The molecule has 0 saturated carbocycles. The van der Waals surface area contributed by atoms with Crippen molar-refractivity contribution in [2.75, 3.05) is 16.8 Å². The Morgan fingerprint density at radius 3 is 2.76 bits per heavy atom. The summed E-state index contributed by atoms with van der Waals surface area (Å²) in [5.74, 6) is -0.130. The fourth-order valence-electron chi connectivity index (χ4n) is 1.51. The van der Waals surface area contributed by atoms with Crippen LogP contribution in [0.1, 0.15) is 0 Å². The Morgan fingerprint density at radius 1 is 1.33 bits per heavy atom. The first-order valence-corrected chi connectivity index (χ1v) is 6.79. The van der Waals surface area contributed by atoms with Crippen molar-refractivity contribution < 1.29 is 9.72 Å². The van der Waals surface area contributed by atoms with Gasteiger partial charge < -0.3 is 11.1 Å². The molecule has 0 aliphatic heterocycles. The summed E-state index contributed by atoms with van der Waals surface area (Å²) < 4.78 is 0. The van der Waals surface area contributed by atoms with Crippen LogP contribution >= 0.6 is 11.8 Å². The number of benzene rings is 1. The van der Waals surface area contributed by atoms with E-state index in [0.29, 0.717) is 5.03 Å². The van der Waals surface area contributed by atoms with Gasteiger partial charge in [0.2, 0.25) is 5.91 Å². The molecule has 0 fully saturated rings. The number of nitrogens with two attached hydrogens (primary N) is 1. The lowest BCUT2D eigenvalue weighted by Gasteiger charge is -2.06. The second-order valence-corrected chi connectivity index (χ2v) is 4.82. The van der Waals surface area contributed by atoms with Crippen LogP contribution in [-0.2, 0) is 4.79 Å². The highest BCUT2D eigenvalue weighted by Gasteiger charge is 2.15. The zero-order chi connectivity index (χ0) is 15.2. The summed E-state index contributed by atoms with van der Waals surface area (Å²) in [5.41, 5.74) is 5.60. The first kappa shape index (κ1) is 14.7. The summed E-state index contributed by atoms with van der Waals surface area (Å²) >= 11 is 1.11. The molecule has 9 heteroatoms. The molecule has 0 saturated heterocycles. The number of para-hydroxylation sites is 2. The van der Waals surface area contributed by atoms with Gasteiger partial charge in [0.25, 0.3) is 5.69 Å². The normalized spacial score (nSPS) is 10.1. The number of rotatable bonds is 5. The second-order valence-electron chi connectivity index (χ2n) is 3.86. The number of nitrogen functional groups attached to an aromatic ring is 1. The number of thioether (sulfide) groups is 1. The van der Waals surface area contributed by atoms with Crippen molar-refractivity contribution in [3.05, 3.63) is 46.8 Å². The molecule has 1 heterocycles. The Morgan fingerprint density at radius 2 is 2.05 bits per heavy atom. The zero-order valence-corrected chi connectivity index (χ0v) is 11.5. The number of hydrogen-bond donors (Lipinski definition) is 2. The molecular formula is C12H11N5O3S. The second kappa shape index (κ2) is 6.66. The van der Waals surface area contributed by atoms with E-state index in [1.807, 2.05) is 0 Å². The first-order chi connectivity index (χ1) is 10.1. The van der Waals surface area contributed by atoms with Crippen LogP contribution in [0.25, 0.3) is 0 Å². The van der Waals surface area contributed by atoms with Crippen LogP contribution in [0.5, 0.6) is 0 Å². The van der Waals surface area contributed by atoms with Gasteiger partial charge in [0.15, 0.2) is 5.82 Å². The predicted molar refractivity (Wildman–Crippen MR) is 78.9 cm³/mol. The van der Waals surface area contributed by atoms with Crippen LogP contribution < -0.4 is 11.1 Å². The molecule has 8 nitrogen and oxygen atoms in total. The van der Waals surface area contributed by atoms with Gasteiger partial charge in [-0.3, -0.25) is 14.9 Å². The van der Waals surface area contributed by atoms with E-state index >= 15 is 0 Å². The third kappa shape index (κ3) is 3.89. The van der Waals surface area contributed by atoms with Crippen LogP contribution in [0.15, 0.2) is 41.7 Å². The van der Waals surface area contributed by atoms with E-state index in [0.717, 1.165) is 11.8 Å². The lowest BCUT2D eigenvalue weighted by Crippen LogP contribution is -2.15. The number of nitrogens with one attached hydrogen (secondary N) is 1. The molecule has 0 aliphatic rings. The van der Waals surface area contributed by atoms with Gasteiger partial charge >= 0.3 is 0 Å². The number of anilines is 2. The molecule has 0 spiro atoms. The highest BCUT2D eigenvalue weighted by Crippen LogP contribution is 2.24. The number of nitro benzene ring substituents is 1.